The predicted molar refractivity (Wildman–Crippen MR) is 120 cm³/mol. The van der Waals surface area contributed by atoms with Crippen molar-refractivity contribution in [3.8, 4) is 0 Å². The average molecular weight is 428 g/mol. The summed E-state index contributed by atoms with van der Waals surface area (Å²) in [6.07, 6.45) is 1.42. The summed E-state index contributed by atoms with van der Waals surface area (Å²) < 4.78 is 11.3. The SMILES string of the molecule is C[C@@H](OCc1ccccc1)[C@H](NC(=O)[C@@H](N)CCCCN)C(=O)OCc1ccccc1. The van der Waals surface area contributed by atoms with Crippen molar-refractivity contribution in [2.45, 2.75) is 57.6 Å². The molecule has 0 fully saturated rings. The lowest BCUT2D eigenvalue weighted by Gasteiger charge is -2.25. The van der Waals surface area contributed by atoms with Crippen molar-refractivity contribution in [3.05, 3.63) is 71.8 Å². The molecular formula is C24H33N3O4. The highest BCUT2D eigenvalue weighted by atomic mass is 16.5. The fraction of sp³-hybridized carbons (Fsp3) is 0.417. The molecule has 2 rings (SSSR count). The van der Waals surface area contributed by atoms with E-state index < -0.39 is 30.1 Å². The number of hydrogen-bond acceptors (Lipinski definition) is 6. The van der Waals surface area contributed by atoms with Crippen molar-refractivity contribution in [1.29, 1.82) is 0 Å². The summed E-state index contributed by atoms with van der Waals surface area (Å²) in [7, 11) is 0. The van der Waals surface area contributed by atoms with Gasteiger partial charge in [-0.15, -0.1) is 0 Å². The van der Waals surface area contributed by atoms with Crippen LogP contribution in [0.25, 0.3) is 0 Å². The predicted octanol–water partition coefficient (Wildman–Crippen LogP) is 2.28. The van der Waals surface area contributed by atoms with Crippen molar-refractivity contribution < 1.29 is 19.1 Å². The van der Waals surface area contributed by atoms with Gasteiger partial charge >= 0.3 is 5.97 Å². The van der Waals surface area contributed by atoms with Gasteiger partial charge in [-0.25, -0.2) is 4.79 Å². The van der Waals surface area contributed by atoms with Crippen LogP contribution in [0, 0.1) is 0 Å². The minimum atomic E-state index is -0.972. The molecule has 2 aromatic rings. The van der Waals surface area contributed by atoms with Gasteiger partial charge in [0.25, 0.3) is 0 Å². The van der Waals surface area contributed by atoms with E-state index in [-0.39, 0.29) is 6.61 Å². The van der Waals surface area contributed by atoms with Crippen LogP contribution in [0.4, 0.5) is 0 Å². The molecule has 0 spiro atoms. The van der Waals surface area contributed by atoms with Gasteiger partial charge < -0.3 is 26.3 Å². The molecule has 0 heterocycles. The van der Waals surface area contributed by atoms with E-state index in [1.165, 1.54) is 0 Å². The number of hydrogen-bond donors (Lipinski definition) is 3. The number of unbranched alkanes of at least 4 members (excludes halogenated alkanes) is 1. The van der Waals surface area contributed by atoms with Gasteiger partial charge in [0.15, 0.2) is 6.04 Å². The molecule has 0 bridgehead atoms. The maximum Gasteiger partial charge on any atom is 0.331 e. The van der Waals surface area contributed by atoms with Crippen molar-refractivity contribution in [1.82, 2.24) is 5.32 Å². The van der Waals surface area contributed by atoms with E-state index in [4.69, 9.17) is 20.9 Å². The third-order valence-electron chi connectivity index (χ3n) is 4.91. The van der Waals surface area contributed by atoms with Gasteiger partial charge in [-0.05, 0) is 37.4 Å². The highest BCUT2D eigenvalue weighted by Crippen LogP contribution is 2.10. The molecule has 0 radical (unpaired) electrons. The Morgan fingerprint density at radius 3 is 2.10 bits per heavy atom. The Balaban J connectivity index is 2.00. The van der Waals surface area contributed by atoms with Gasteiger partial charge in [-0.1, -0.05) is 67.1 Å². The standard InChI is InChI=1S/C24H33N3O4/c1-18(30-16-19-10-4-2-5-11-19)22(27-23(28)21(26)14-8-9-15-25)24(29)31-17-20-12-6-3-7-13-20/h2-7,10-13,18,21-22H,8-9,14-17,25-26H2,1H3,(H,27,28)/t18-,21+,22+/m1/s1. The molecule has 5 N–H and O–H groups in total. The lowest BCUT2D eigenvalue weighted by atomic mass is 10.1. The lowest BCUT2D eigenvalue weighted by Crippen LogP contribution is -2.53. The first-order valence-electron chi connectivity index (χ1n) is 10.6. The van der Waals surface area contributed by atoms with E-state index in [1.54, 1.807) is 6.92 Å². The molecule has 3 atom stereocenters. The summed E-state index contributed by atoms with van der Waals surface area (Å²) in [6.45, 7) is 2.70. The first kappa shape index (κ1) is 24.5. The lowest BCUT2D eigenvalue weighted by molar-refractivity contribution is -0.154. The van der Waals surface area contributed by atoms with Crippen LogP contribution in [0.15, 0.2) is 60.7 Å². The molecular weight excluding hydrogens is 394 g/mol. The van der Waals surface area contributed by atoms with Crippen LogP contribution in [0.2, 0.25) is 0 Å². The third-order valence-corrected chi connectivity index (χ3v) is 4.91. The Hall–Kier alpha value is -2.74. The maximum atomic E-state index is 12.8. The monoisotopic (exact) mass is 427 g/mol. The summed E-state index contributed by atoms with van der Waals surface area (Å²) in [4.78, 5) is 25.4. The maximum absolute atomic E-state index is 12.8. The number of nitrogens with one attached hydrogen (secondary N) is 1. The molecule has 168 valence electrons. The summed E-state index contributed by atoms with van der Waals surface area (Å²) in [5, 5.41) is 2.72. The van der Waals surface area contributed by atoms with Gasteiger partial charge in [0, 0.05) is 0 Å². The smallest absolute Gasteiger partial charge is 0.331 e. The molecule has 7 nitrogen and oxygen atoms in total. The second-order valence-corrected chi connectivity index (χ2v) is 7.47. The first-order chi connectivity index (χ1) is 15.0. The van der Waals surface area contributed by atoms with Crippen molar-refractivity contribution >= 4 is 11.9 Å². The van der Waals surface area contributed by atoms with Gasteiger partial charge in [0.2, 0.25) is 5.91 Å². The molecule has 0 aromatic heterocycles. The quantitative estimate of drug-likeness (QED) is 0.334. The van der Waals surface area contributed by atoms with Gasteiger partial charge in [0.05, 0.1) is 18.8 Å². The largest absolute Gasteiger partial charge is 0.459 e. The van der Waals surface area contributed by atoms with E-state index in [1.807, 2.05) is 60.7 Å². The summed E-state index contributed by atoms with van der Waals surface area (Å²) in [5.41, 5.74) is 13.3. The fourth-order valence-electron chi connectivity index (χ4n) is 2.98. The van der Waals surface area contributed by atoms with Crippen LogP contribution < -0.4 is 16.8 Å². The van der Waals surface area contributed by atoms with Gasteiger partial charge in [-0.2, -0.15) is 0 Å². The fourth-order valence-corrected chi connectivity index (χ4v) is 2.98. The highest BCUT2D eigenvalue weighted by molar-refractivity contribution is 5.87. The van der Waals surface area contributed by atoms with Crippen molar-refractivity contribution in [3.63, 3.8) is 0 Å². The van der Waals surface area contributed by atoms with Crippen LogP contribution in [0.1, 0.15) is 37.3 Å². The third kappa shape index (κ3) is 8.88. The van der Waals surface area contributed by atoms with E-state index in [0.717, 1.165) is 24.0 Å². The number of amides is 1. The number of nitrogens with two attached hydrogens (primary N) is 2. The summed E-state index contributed by atoms with van der Waals surface area (Å²) in [6, 6.07) is 17.3. The summed E-state index contributed by atoms with van der Waals surface area (Å²) in [5.74, 6) is -0.972. The zero-order valence-corrected chi connectivity index (χ0v) is 18.0. The number of rotatable bonds is 13. The van der Waals surface area contributed by atoms with E-state index >= 15 is 0 Å². The van der Waals surface area contributed by atoms with Crippen LogP contribution in [0.5, 0.6) is 0 Å². The molecule has 0 saturated heterocycles. The Kier molecular flexibility index (Phi) is 10.7. The minimum Gasteiger partial charge on any atom is -0.459 e. The number of ether oxygens (including phenoxy) is 2. The zero-order chi connectivity index (χ0) is 22.5. The second kappa shape index (κ2) is 13.5. The van der Waals surface area contributed by atoms with E-state index in [9.17, 15) is 9.59 Å². The first-order valence-corrected chi connectivity index (χ1v) is 10.6. The molecule has 0 unspecified atom stereocenters. The van der Waals surface area contributed by atoms with Crippen LogP contribution in [-0.2, 0) is 32.3 Å². The Morgan fingerprint density at radius 2 is 1.52 bits per heavy atom. The highest BCUT2D eigenvalue weighted by Gasteiger charge is 2.30. The molecule has 2 aromatic carbocycles. The summed E-state index contributed by atoms with van der Waals surface area (Å²) >= 11 is 0. The van der Waals surface area contributed by atoms with E-state index in [2.05, 4.69) is 5.32 Å². The van der Waals surface area contributed by atoms with Crippen LogP contribution >= 0.6 is 0 Å². The molecule has 7 heteroatoms. The molecule has 0 saturated carbocycles. The average Bonchev–Trinajstić information content (AvgIpc) is 2.80. The zero-order valence-electron chi connectivity index (χ0n) is 18.0. The number of esters is 1. The van der Waals surface area contributed by atoms with Crippen molar-refractivity contribution in [2.75, 3.05) is 6.54 Å². The normalized spacial score (nSPS) is 13.8. The van der Waals surface area contributed by atoms with Crippen LogP contribution in [-0.4, -0.2) is 36.6 Å². The van der Waals surface area contributed by atoms with Crippen molar-refractivity contribution in [2.24, 2.45) is 11.5 Å². The molecule has 0 aliphatic rings. The number of carbonyl (C=O) groups is 2. The van der Waals surface area contributed by atoms with Crippen LogP contribution in [0.3, 0.4) is 0 Å². The molecule has 0 aliphatic heterocycles. The van der Waals surface area contributed by atoms with Gasteiger partial charge in [0.1, 0.15) is 6.61 Å². The Bertz CT molecular complexity index is 786. The molecule has 31 heavy (non-hydrogen) atoms. The topological polar surface area (TPSA) is 117 Å². The second-order valence-electron chi connectivity index (χ2n) is 7.47. The van der Waals surface area contributed by atoms with Gasteiger partial charge in [-0.3, -0.25) is 4.79 Å². The van der Waals surface area contributed by atoms with E-state index in [0.29, 0.717) is 19.6 Å². The Morgan fingerprint density at radius 1 is 0.935 bits per heavy atom. The molecule has 0 aliphatic carbocycles. The minimum absolute atomic E-state index is 0.111. The molecule has 1 amide bonds. The Labute approximate surface area is 184 Å². The number of carbonyl (C=O) groups excluding carboxylic acids is 2. The number of benzene rings is 2.